The average molecular weight is 294 g/mol. The SMILES string of the molecule is CCc1ccc(CNC2CCCC2C2COCCN2)s1. The molecule has 3 atom stereocenters. The second kappa shape index (κ2) is 7.03. The van der Waals surface area contributed by atoms with Crippen LogP contribution in [0.5, 0.6) is 0 Å². The molecule has 0 spiro atoms. The number of ether oxygens (including phenoxy) is 1. The van der Waals surface area contributed by atoms with Crippen molar-refractivity contribution in [2.45, 2.75) is 51.2 Å². The first-order valence-corrected chi connectivity index (χ1v) is 8.80. The summed E-state index contributed by atoms with van der Waals surface area (Å²) in [4.78, 5) is 2.97. The summed E-state index contributed by atoms with van der Waals surface area (Å²) in [5.41, 5.74) is 0. The molecule has 0 amide bonds. The topological polar surface area (TPSA) is 33.3 Å². The van der Waals surface area contributed by atoms with Gasteiger partial charge in [-0.15, -0.1) is 11.3 Å². The van der Waals surface area contributed by atoms with Gasteiger partial charge in [-0.05, 0) is 37.3 Å². The lowest BCUT2D eigenvalue weighted by atomic mass is 9.94. The lowest BCUT2D eigenvalue weighted by molar-refractivity contribution is 0.0524. The van der Waals surface area contributed by atoms with E-state index in [9.17, 15) is 0 Å². The lowest BCUT2D eigenvalue weighted by Crippen LogP contribution is -2.50. The Balaban J connectivity index is 1.52. The quantitative estimate of drug-likeness (QED) is 0.875. The number of morpholine rings is 1. The van der Waals surface area contributed by atoms with Crippen LogP contribution < -0.4 is 10.6 Å². The van der Waals surface area contributed by atoms with E-state index in [4.69, 9.17) is 4.74 Å². The summed E-state index contributed by atoms with van der Waals surface area (Å²) in [6, 6.07) is 5.76. The summed E-state index contributed by atoms with van der Waals surface area (Å²) in [5.74, 6) is 0.737. The highest BCUT2D eigenvalue weighted by Crippen LogP contribution is 2.30. The fourth-order valence-corrected chi connectivity index (χ4v) is 4.43. The van der Waals surface area contributed by atoms with E-state index in [1.807, 2.05) is 11.3 Å². The fourth-order valence-electron chi connectivity index (χ4n) is 3.52. The van der Waals surface area contributed by atoms with Gasteiger partial charge in [0.25, 0.3) is 0 Å². The molecule has 2 aliphatic rings. The van der Waals surface area contributed by atoms with Crippen molar-refractivity contribution in [2.75, 3.05) is 19.8 Å². The summed E-state index contributed by atoms with van der Waals surface area (Å²) >= 11 is 1.95. The summed E-state index contributed by atoms with van der Waals surface area (Å²) in [6.45, 7) is 6.03. The highest BCUT2D eigenvalue weighted by atomic mass is 32.1. The van der Waals surface area contributed by atoms with Crippen molar-refractivity contribution < 1.29 is 4.74 Å². The van der Waals surface area contributed by atoms with E-state index in [2.05, 4.69) is 29.7 Å². The van der Waals surface area contributed by atoms with E-state index in [1.165, 1.54) is 29.0 Å². The summed E-state index contributed by atoms with van der Waals surface area (Å²) in [7, 11) is 0. The maximum atomic E-state index is 5.64. The third-order valence-corrected chi connectivity index (χ3v) is 5.87. The Hall–Kier alpha value is -0.420. The lowest BCUT2D eigenvalue weighted by Gasteiger charge is -2.33. The zero-order valence-corrected chi connectivity index (χ0v) is 13.2. The normalized spacial score (nSPS) is 30.8. The molecule has 1 aromatic rings. The monoisotopic (exact) mass is 294 g/mol. The van der Waals surface area contributed by atoms with Gasteiger partial charge < -0.3 is 15.4 Å². The Labute approximate surface area is 126 Å². The molecule has 1 saturated carbocycles. The number of thiophene rings is 1. The van der Waals surface area contributed by atoms with Crippen LogP contribution in [0.15, 0.2) is 12.1 Å². The minimum Gasteiger partial charge on any atom is -0.379 e. The number of rotatable bonds is 5. The minimum absolute atomic E-state index is 0.554. The molecule has 1 aliphatic carbocycles. The average Bonchev–Trinajstić information content (AvgIpc) is 3.15. The van der Waals surface area contributed by atoms with Crippen LogP contribution in [-0.2, 0) is 17.7 Å². The van der Waals surface area contributed by atoms with E-state index in [0.29, 0.717) is 12.1 Å². The van der Waals surface area contributed by atoms with Gasteiger partial charge in [0, 0.05) is 34.9 Å². The van der Waals surface area contributed by atoms with Gasteiger partial charge in [-0.3, -0.25) is 0 Å². The van der Waals surface area contributed by atoms with Gasteiger partial charge in [0.1, 0.15) is 0 Å². The van der Waals surface area contributed by atoms with Crippen molar-refractivity contribution in [3.05, 3.63) is 21.9 Å². The number of nitrogens with one attached hydrogen (secondary N) is 2. The zero-order chi connectivity index (χ0) is 13.8. The van der Waals surface area contributed by atoms with E-state index >= 15 is 0 Å². The first kappa shape index (κ1) is 14.5. The minimum atomic E-state index is 0.554. The van der Waals surface area contributed by atoms with Gasteiger partial charge in [-0.1, -0.05) is 13.3 Å². The van der Waals surface area contributed by atoms with Crippen LogP contribution in [0.3, 0.4) is 0 Å². The zero-order valence-electron chi connectivity index (χ0n) is 12.4. The molecule has 3 rings (SSSR count). The number of aryl methyl sites for hydroxylation is 1. The predicted octanol–water partition coefficient (Wildman–Crippen LogP) is 2.56. The Bertz CT molecular complexity index is 414. The highest BCUT2D eigenvalue weighted by molar-refractivity contribution is 7.11. The molecule has 20 heavy (non-hydrogen) atoms. The van der Waals surface area contributed by atoms with Gasteiger partial charge in [-0.2, -0.15) is 0 Å². The summed E-state index contributed by atoms with van der Waals surface area (Å²) < 4.78 is 5.64. The molecular weight excluding hydrogens is 268 g/mol. The van der Waals surface area contributed by atoms with Crippen molar-refractivity contribution >= 4 is 11.3 Å². The van der Waals surface area contributed by atoms with Crippen LogP contribution in [0.1, 0.15) is 35.9 Å². The van der Waals surface area contributed by atoms with Crippen molar-refractivity contribution in [2.24, 2.45) is 5.92 Å². The van der Waals surface area contributed by atoms with Gasteiger partial charge in [0.05, 0.1) is 13.2 Å². The number of hydrogen-bond donors (Lipinski definition) is 2. The maximum absolute atomic E-state index is 5.64. The van der Waals surface area contributed by atoms with Crippen molar-refractivity contribution in [3.8, 4) is 0 Å². The molecule has 2 heterocycles. The maximum Gasteiger partial charge on any atom is 0.0623 e. The van der Waals surface area contributed by atoms with Gasteiger partial charge in [0.2, 0.25) is 0 Å². The largest absolute Gasteiger partial charge is 0.379 e. The fraction of sp³-hybridized carbons (Fsp3) is 0.750. The Kier molecular flexibility index (Phi) is 5.10. The molecule has 3 unspecified atom stereocenters. The Morgan fingerprint density at radius 1 is 1.35 bits per heavy atom. The third-order valence-electron chi connectivity index (χ3n) is 4.64. The van der Waals surface area contributed by atoms with Gasteiger partial charge in [0.15, 0.2) is 0 Å². The molecule has 1 aromatic heterocycles. The van der Waals surface area contributed by atoms with E-state index in [0.717, 1.165) is 38.6 Å². The second-order valence-electron chi connectivity index (χ2n) is 5.94. The number of hydrogen-bond acceptors (Lipinski definition) is 4. The molecule has 0 radical (unpaired) electrons. The summed E-state index contributed by atoms with van der Waals surface area (Å²) in [6.07, 6.45) is 5.16. The molecule has 0 bridgehead atoms. The highest BCUT2D eigenvalue weighted by Gasteiger charge is 2.34. The molecular formula is C16H26N2OS. The van der Waals surface area contributed by atoms with Gasteiger partial charge >= 0.3 is 0 Å². The molecule has 112 valence electrons. The van der Waals surface area contributed by atoms with E-state index < -0.39 is 0 Å². The van der Waals surface area contributed by atoms with Crippen molar-refractivity contribution in [1.29, 1.82) is 0 Å². The Morgan fingerprint density at radius 3 is 3.00 bits per heavy atom. The van der Waals surface area contributed by atoms with Crippen LogP contribution in [0.2, 0.25) is 0 Å². The third kappa shape index (κ3) is 3.42. The molecule has 2 fully saturated rings. The first-order chi connectivity index (χ1) is 9.86. The van der Waals surface area contributed by atoms with E-state index in [1.54, 1.807) is 0 Å². The summed E-state index contributed by atoms with van der Waals surface area (Å²) in [5, 5.41) is 7.44. The molecule has 1 aliphatic heterocycles. The van der Waals surface area contributed by atoms with Crippen LogP contribution >= 0.6 is 11.3 Å². The standard InChI is InChI=1S/C16H26N2OS/c1-2-12-6-7-13(20-12)10-18-15-5-3-4-14(15)16-11-19-9-8-17-16/h6-7,14-18H,2-5,8-11H2,1H3. The van der Waals surface area contributed by atoms with Crippen molar-refractivity contribution in [3.63, 3.8) is 0 Å². The van der Waals surface area contributed by atoms with Crippen LogP contribution in [0.4, 0.5) is 0 Å². The van der Waals surface area contributed by atoms with Crippen LogP contribution in [-0.4, -0.2) is 31.8 Å². The van der Waals surface area contributed by atoms with E-state index in [-0.39, 0.29) is 0 Å². The molecule has 2 N–H and O–H groups in total. The first-order valence-electron chi connectivity index (χ1n) is 7.99. The molecule has 3 nitrogen and oxygen atoms in total. The molecule has 4 heteroatoms. The van der Waals surface area contributed by atoms with Crippen molar-refractivity contribution in [1.82, 2.24) is 10.6 Å². The Morgan fingerprint density at radius 2 is 2.25 bits per heavy atom. The molecule has 0 aromatic carbocycles. The van der Waals surface area contributed by atoms with Gasteiger partial charge in [-0.25, -0.2) is 0 Å². The van der Waals surface area contributed by atoms with Crippen LogP contribution in [0.25, 0.3) is 0 Å². The predicted molar refractivity (Wildman–Crippen MR) is 84.3 cm³/mol. The second-order valence-corrected chi connectivity index (χ2v) is 7.19. The van der Waals surface area contributed by atoms with Crippen LogP contribution in [0, 0.1) is 5.92 Å². The molecule has 1 saturated heterocycles. The smallest absolute Gasteiger partial charge is 0.0623 e.